The molecule has 2 aromatic heterocycles. The van der Waals surface area contributed by atoms with Crippen molar-refractivity contribution in [2.45, 2.75) is 19.4 Å². The molecular formula is C13H19Cl2N5O. The largest absolute Gasteiger partial charge is 0.352 e. The van der Waals surface area contributed by atoms with Gasteiger partial charge in [-0.3, -0.25) is 9.36 Å². The van der Waals surface area contributed by atoms with Crippen LogP contribution in [0.4, 0.5) is 0 Å². The Bertz CT molecular complexity index is 545. The van der Waals surface area contributed by atoms with Gasteiger partial charge in [-0.05, 0) is 25.5 Å². The fraction of sp³-hybridized carbons (Fsp3) is 0.308. The zero-order valence-corrected chi connectivity index (χ0v) is 13.2. The van der Waals surface area contributed by atoms with Gasteiger partial charge >= 0.3 is 0 Å². The topological polar surface area (TPSA) is 85.8 Å². The first-order valence-electron chi connectivity index (χ1n) is 6.15. The number of rotatable bonds is 5. The molecule has 2 aromatic rings. The summed E-state index contributed by atoms with van der Waals surface area (Å²) in [4.78, 5) is 20.1. The number of amides is 1. The van der Waals surface area contributed by atoms with E-state index in [2.05, 4.69) is 15.3 Å². The number of nitrogens with two attached hydrogens (primary N) is 1. The van der Waals surface area contributed by atoms with Gasteiger partial charge in [0.1, 0.15) is 12.1 Å². The molecule has 0 bridgehead atoms. The summed E-state index contributed by atoms with van der Waals surface area (Å²) in [5, 5.41) is 2.83. The maximum Gasteiger partial charge on any atom is 0.251 e. The van der Waals surface area contributed by atoms with Gasteiger partial charge in [0, 0.05) is 36.7 Å². The molecule has 2 heterocycles. The van der Waals surface area contributed by atoms with Crippen LogP contribution in [0, 0.1) is 0 Å². The molecule has 0 radical (unpaired) electrons. The molecule has 0 saturated heterocycles. The quantitative estimate of drug-likeness (QED) is 0.870. The van der Waals surface area contributed by atoms with Crippen molar-refractivity contribution in [3.8, 4) is 5.82 Å². The molecule has 0 spiro atoms. The molecule has 21 heavy (non-hydrogen) atoms. The molecule has 0 saturated carbocycles. The minimum Gasteiger partial charge on any atom is -0.352 e. The fourth-order valence-electron chi connectivity index (χ4n) is 1.61. The van der Waals surface area contributed by atoms with Crippen LogP contribution in [0.2, 0.25) is 0 Å². The van der Waals surface area contributed by atoms with Crippen molar-refractivity contribution in [1.29, 1.82) is 0 Å². The fourth-order valence-corrected chi connectivity index (χ4v) is 1.61. The van der Waals surface area contributed by atoms with Crippen molar-refractivity contribution in [1.82, 2.24) is 19.9 Å². The Morgan fingerprint density at radius 2 is 2.19 bits per heavy atom. The Morgan fingerprint density at radius 1 is 1.43 bits per heavy atom. The van der Waals surface area contributed by atoms with E-state index in [1.165, 1.54) is 0 Å². The Kier molecular flexibility index (Phi) is 8.61. The lowest BCUT2D eigenvalue weighted by atomic mass is 10.2. The van der Waals surface area contributed by atoms with E-state index in [1.807, 2.05) is 6.92 Å². The van der Waals surface area contributed by atoms with Crippen LogP contribution in [-0.2, 0) is 0 Å². The van der Waals surface area contributed by atoms with Crippen LogP contribution in [0.1, 0.15) is 23.7 Å². The van der Waals surface area contributed by atoms with Crippen molar-refractivity contribution in [2.75, 3.05) is 6.54 Å². The normalized spacial score (nSPS) is 11.0. The molecule has 0 aliphatic rings. The smallest absolute Gasteiger partial charge is 0.251 e. The van der Waals surface area contributed by atoms with Crippen LogP contribution >= 0.6 is 24.8 Å². The van der Waals surface area contributed by atoms with E-state index in [4.69, 9.17) is 5.73 Å². The molecule has 0 aromatic carbocycles. The number of pyridine rings is 1. The van der Waals surface area contributed by atoms with Crippen LogP contribution < -0.4 is 11.1 Å². The Balaban J connectivity index is 0.00000200. The van der Waals surface area contributed by atoms with Gasteiger partial charge in [-0.1, -0.05) is 0 Å². The summed E-state index contributed by atoms with van der Waals surface area (Å²) in [6.07, 6.45) is 7.44. The first-order valence-corrected chi connectivity index (χ1v) is 6.15. The van der Waals surface area contributed by atoms with Gasteiger partial charge in [-0.2, -0.15) is 0 Å². The molecule has 116 valence electrons. The molecule has 3 N–H and O–H groups in total. The van der Waals surface area contributed by atoms with E-state index >= 15 is 0 Å². The number of imidazole rings is 1. The van der Waals surface area contributed by atoms with Crippen molar-refractivity contribution in [3.63, 3.8) is 0 Å². The minimum absolute atomic E-state index is 0. The van der Waals surface area contributed by atoms with E-state index < -0.39 is 0 Å². The standard InChI is InChI=1S/C13H17N5O.2ClH/c1-10(14)2-4-17-13(19)11-3-5-16-12(8-11)18-7-6-15-9-18;;/h3,5-10H,2,4,14H2,1H3,(H,17,19);2*1H. The van der Waals surface area contributed by atoms with Crippen molar-refractivity contribution in [2.24, 2.45) is 5.73 Å². The first kappa shape index (κ1) is 19.4. The van der Waals surface area contributed by atoms with Gasteiger partial charge in [0.25, 0.3) is 5.91 Å². The molecule has 2 rings (SSSR count). The van der Waals surface area contributed by atoms with Crippen LogP contribution in [-0.4, -0.2) is 33.0 Å². The number of carbonyl (C=O) groups is 1. The predicted octanol–water partition coefficient (Wildman–Crippen LogP) is 1.58. The first-order chi connectivity index (χ1) is 9.16. The molecule has 1 amide bonds. The highest BCUT2D eigenvalue weighted by molar-refractivity contribution is 5.94. The highest BCUT2D eigenvalue weighted by atomic mass is 35.5. The van der Waals surface area contributed by atoms with Gasteiger partial charge < -0.3 is 11.1 Å². The number of aromatic nitrogens is 3. The van der Waals surface area contributed by atoms with Gasteiger partial charge in [-0.15, -0.1) is 24.8 Å². The summed E-state index contributed by atoms with van der Waals surface area (Å²) in [5.41, 5.74) is 6.21. The van der Waals surface area contributed by atoms with Gasteiger partial charge in [-0.25, -0.2) is 9.97 Å². The zero-order chi connectivity index (χ0) is 13.7. The Morgan fingerprint density at radius 3 is 2.81 bits per heavy atom. The van der Waals surface area contributed by atoms with E-state index in [-0.39, 0.29) is 36.8 Å². The number of nitrogens with zero attached hydrogens (tertiary/aromatic N) is 3. The summed E-state index contributed by atoms with van der Waals surface area (Å²) in [5.74, 6) is 0.543. The van der Waals surface area contributed by atoms with E-state index in [0.717, 1.165) is 6.42 Å². The molecule has 6 nitrogen and oxygen atoms in total. The highest BCUT2D eigenvalue weighted by Gasteiger charge is 2.07. The Labute approximate surface area is 136 Å². The number of hydrogen-bond donors (Lipinski definition) is 2. The van der Waals surface area contributed by atoms with Crippen LogP contribution in [0.5, 0.6) is 0 Å². The van der Waals surface area contributed by atoms with E-state index in [0.29, 0.717) is 17.9 Å². The van der Waals surface area contributed by atoms with Crippen LogP contribution in [0.25, 0.3) is 5.82 Å². The van der Waals surface area contributed by atoms with Crippen LogP contribution in [0.3, 0.4) is 0 Å². The molecule has 1 unspecified atom stereocenters. The number of halogens is 2. The summed E-state index contributed by atoms with van der Waals surface area (Å²) >= 11 is 0. The second kappa shape index (κ2) is 9.33. The maximum absolute atomic E-state index is 11.9. The van der Waals surface area contributed by atoms with Gasteiger partial charge in [0.2, 0.25) is 0 Å². The molecule has 0 fully saturated rings. The summed E-state index contributed by atoms with van der Waals surface area (Å²) in [6, 6.07) is 3.49. The highest BCUT2D eigenvalue weighted by Crippen LogP contribution is 2.06. The Hall–Kier alpha value is -1.63. The monoisotopic (exact) mass is 331 g/mol. The predicted molar refractivity (Wildman–Crippen MR) is 86.5 cm³/mol. The van der Waals surface area contributed by atoms with Gasteiger partial charge in [0.15, 0.2) is 0 Å². The molecule has 0 aliphatic heterocycles. The zero-order valence-electron chi connectivity index (χ0n) is 11.6. The summed E-state index contributed by atoms with van der Waals surface area (Å²) in [7, 11) is 0. The summed E-state index contributed by atoms with van der Waals surface area (Å²) in [6.45, 7) is 2.48. The lowest BCUT2D eigenvalue weighted by molar-refractivity contribution is 0.0952. The van der Waals surface area contributed by atoms with E-state index in [9.17, 15) is 4.79 Å². The molecule has 1 atom stereocenters. The average Bonchev–Trinajstić information content (AvgIpc) is 2.92. The molecule has 0 aliphatic carbocycles. The van der Waals surface area contributed by atoms with Crippen molar-refractivity contribution >= 4 is 30.7 Å². The SMILES string of the molecule is CC(N)CCNC(=O)c1ccnc(-n2ccnc2)c1.Cl.Cl. The van der Waals surface area contributed by atoms with Crippen molar-refractivity contribution in [3.05, 3.63) is 42.6 Å². The number of hydrogen-bond acceptors (Lipinski definition) is 4. The van der Waals surface area contributed by atoms with E-state index in [1.54, 1.807) is 41.6 Å². The second-order valence-electron chi connectivity index (χ2n) is 4.39. The number of carbonyl (C=O) groups excluding carboxylic acids is 1. The van der Waals surface area contributed by atoms with Gasteiger partial charge in [0.05, 0.1) is 0 Å². The third-order valence-corrected chi connectivity index (χ3v) is 2.66. The second-order valence-corrected chi connectivity index (χ2v) is 4.39. The third kappa shape index (κ3) is 5.71. The molecular weight excluding hydrogens is 313 g/mol. The lowest BCUT2D eigenvalue weighted by Crippen LogP contribution is -2.29. The van der Waals surface area contributed by atoms with Crippen LogP contribution in [0.15, 0.2) is 37.1 Å². The number of nitrogens with one attached hydrogen (secondary N) is 1. The average molecular weight is 332 g/mol. The minimum atomic E-state index is -0.121. The molecule has 8 heteroatoms. The summed E-state index contributed by atoms with van der Waals surface area (Å²) < 4.78 is 1.75. The van der Waals surface area contributed by atoms with Crippen molar-refractivity contribution < 1.29 is 4.79 Å². The lowest BCUT2D eigenvalue weighted by Gasteiger charge is -2.08. The third-order valence-electron chi connectivity index (χ3n) is 2.66. The maximum atomic E-state index is 11.9.